The van der Waals surface area contributed by atoms with Gasteiger partial charge in [-0.3, -0.25) is 4.79 Å². The Balaban J connectivity index is 2.17. The van der Waals surface area contributed by atoms with Crippen LogP contribution >= 0.6 is 0 Å². The van der Waals surface area contributed by atoms with E-state index in [0.29, 0.717) is 6.42 Å². The van der Waals surface area contributed by atoms with Gasteiger partial charge in [-0.05, 0) is 30.5 Å². The van der Waals surface area contributed by atoms with Crippen molar-refractivity contribution in [2.24, 2.45) is 0 Å². The van der Waals surface area contributed by atoms with Crippen LogP contribution in [0, 0.1) is 6.92 Å². The van der Waals surface area contributed by atoms with Crippen molar-refractivity contribution in [1.82, 2.24) is 9.47 Å². The summed E-state index contributed by atoms with van der Waals surface area (Å²) in [5.74, 6) is 0.166. The molecule has 2 rings (SSSR count). The molecule has 3 heteroatoms. The lowest BCUT2D eigenvalue weighted by Crippen LogP contribution is -2.22. The van der Waals surface area contributed by atoms with E-state index in [2.05, 4.69) is 35.8 Å². The van der Waals surface area contributed by atoms with Gasteiger partial charge in [-0.1, -0.05) is 11.6 Å². The van der Waals surface area contributed by atoms with Gasteiger partial charge in [0.15, 0.2) is 0 Å². The molecule has 1 aromatic heterocycles. The number of nitrogens with zero attached hydrogens (tertiary/aromatic N) is 2. The third-order valence-electron chi connectivity index (χ3n) is 2.99. The molecule has 1 amide bonds. The van der Waals surface area contributed by atoms with Gasteiger partial charge < -0.3 is 9.47 Å². The molecule has 0 unspecified atom stereocenters. The van der Waals surface area contributed by atoms with Gasteiger partial charge in [0, 0.05) is 38.8 Å². The van der Waals surface area contributed by atoms with Gasteiger partial charge >= 0.3 is 0 Å². The molecular formula is C14H18N2O. The standard InChI is InChI=1S/C14H18N2O/c1-11-4-5-13-12(10-11)6-8-16(13)9-7-14(17)15(2)3/h4-6,8,10H,7,9H2,1-3H3. The fourth-order valence-electron chi connectivity index (χ4n) is 1.95. The molecular weight excluding hydrogens is 212 g/mol. The van der Waals surface area contributed by atoms with Crippen molar-refractivity contribution >= 4 is 16.8 Å². The van der Waals surface area contributed by atoms with Crippen LogP contribution in [0.4, 0.5) is 0 Å². The Labute approximate surface area is 102 Å². The molecule has 90 valence electrons. The summed E-state index contributed by atoms with van der Waals surface area (Å²) < 4.78 is 2.14. The first-order chi connectivity index (χ1) is 8.08. The second-order valence-electron chi connectivity index (χ2n) is 4.61. The lowest BCUT2D eigenvalue weighted by molar-refractivity contribution is -0.128. The number of benzene rings is 1. The monoisotopic (exact) mass is 230 g/mol. The van der Waals surface area contributed by atoms with E-state index in [1.165, 1.54) is 16.5 Å². The molecule has 0 N–H and O–H groups in total. The molecule has 0 fully saturated rings. The number of rotatable bonds is 3. The number of hydrogen-bond donors (Lipinski definition) is 0. The Morgan fingerprint density at radius 2 is 2.06 bits per heavy atom. The van der Waals surface area contributed by atoms with Gasteiger partial charge in [-0.15, -0.1) is 0 Å². The summed E-state index contributed by atoms with van der Waals surface area (Å²) in [4.78, 5) is 13.2. The summed E-state index contributed by atoms with van der Waals surface area (Å²) in [7, 11) is 3.58. The lowest BCUT2D eigenvalue weighted by Gasteiger charge is -2.11. The Bertz CT molecular complexity index is 540. The Kier molecular flexibility index (Phi) is 3.18. The number of carbonyl (C=O) groups excluding carboxylic acids is 1. The van der Waals surface area contributed by atoms with Crippen molar-refractivity contribution in [3.63, 3.8) is 0 Å². The fourth-order valence-corrected chi connectivity index (χ4v) is 1.95. The van der Waals surface area contributed by atoms with Crippen LogP contribution in [-0.4, -0.2) is 29.5 Å². The van der Waals surface area contributed by atoms with Crippen LogP contribution in [0.15, 0.2) is 30.5 Å². The zero-order chi connectivity index (χ0) is 12.4. The molecule has 0 saturated heterocycles. The topological polar surface area (TPSA) is 25.2 Å². The predicted molar refractivity (Wildman–Crippen MR) is 70.0 cm³/mol. The Morgan fingerprint density at radius 3 is 2.76 bits per heavy atom. The van der Waals surface area contributed by atoms with E-state index >= 15 is 0 Å². The second-order valence-corrected chi connectivity index (χ2v) is 4.61. The molecule has 0 spiro atoms. The number of aryl methyl sites for hydroxylation is 2. The number of amides is 1. The van der Waals surface area contributed by atoms with E-state index in [9.17, 15) is 4.79 Å². The van der Waals surface area contributed by atoms with Crippen molar-refractivity contribution in [1.29, 1.82) is 0 Å². The highest BCUT2D eigenvalue weighted by atomic mass is 16.2. The minimum Gasteiger partial charge on any atom is -0.349 e. The highest BCUT2D eigenvalue weighted by Crippen LogP contribution is 2.17. The third-order valence-corrected chi connectivity index (χ3v) is 2.99. The summed E-state index contributed by atoms with van der Waals surface area (Å²) >= 11 is 0. The van der Waals surface area contributed by atoms with Crippen molar-refractivity contribution in [2.45, 2.75) is 19.9 Å². The van der Waals surface area contributed by atoms with Crippen LogP contribution in [0.2, 0.25) is 0 Å². The van der Waals surface area contributed by atoms with Gasteiger partial charge in [0.1, 0.15) is 0 Å². The molecule has 0 bridgehead atoms. The molecule has 0 saturated carbocycles. The van der Waals surface area contributed by atoms with E-state index in [1.807, 2.05) is 6.20 Å². The lowest BCUT2D eigenvalue weighted by atomic mass is 10.2. The van der Waals surface area contributed by atoms with Crippen molar-refractivity contribution in [3.05, 3.63) is 36.0 Å². The van der Waals surface area contributed by atoms with Gasteiger partial charge in [0.2, 0.25) is 5.91 Å². The maximum Gasteiger partial charge on any atom is 0.223 e. The van der Waals surface area contributed by atoms with Gasteiger partial charge in [0.25, 0.3) is 0 Å². The smallest absolute Gasteiger partial charge is 0.223 e. The zero-order valence-corrected chi connectivity index (χ0v) is 10.6. The van der Waals surface area contributed by atoms with Gasteiger partial charge in [0.05, 0.1) is 0 Å². The fraction of sp³-hybridized carbons (Fsp3) is 0.357. The maximum absolute atomic E-state index is 11.5. The van der Waals surface area contributed by atoms with Crippen LogP contribution in [0.1, 0.15) is 12.0 Å². The Morgan fingerprint density at radius 1 is 1.29 bits per heavy atom. The molecule has 0 aliphatic rings. The van der Waals surface area contributed by atoms with Crippen LogP contribution in [-0.2, 0) is 11.3 Å². The molecule has 0 radical (unpaired) electrons. The largest absolute Gasteiger partial charge is 0.349 e. The average Bonchev–Trinajstić information content (AvgIpc) is 2.67. The molecule has 0 aliphatic heterocycles. The number of carbonyl (C=O) groups is 1. The summed E-state index contributed by atoms with van der Waals surface area (Å²) in [6.07, 6.45) is 2.59. The van der Waals surface area contributed by atoms with Crippen LogP contribution in [0.25, 0.3) is 10.9 Å². The van der Waals surface area contributed by atoms with Crippen LogP contribution in [0.3, 0.4) is 0 Å². The second kappa shape index (κ2) is 4.62. The Hall–Kier alpha value is -1.77. The molecule has 1 heterocycles. The van der Waals surface area contributed by atoms with Crippen molar-refractivity contribution in [3.8, 4) is 0 Å². The number of hydrogen-bond acceptors (Lipinski definition) is 1. The normalized spacial score (nSPS) is 10.8. The number of fused-ring (bicyclic) bond motifs is 1. The summed E-state index contributed by atoms with van der Waals surface area (Å²) in [5, 5.41) is 1.24. The van der Waals surface area contributed by atoms with Gasteiger partial charge in [-0.25, -0.2) is 0 Å². The maximum atomic E-state index is 11.5. The molecule has 0 atom stereocenters. The first-order valence-corrected chi connectivity index (χ1v) is 5.83. The quantitative estimate of drug-likeness (QED) is 0.795. The summed E-state index contributed by atoms with van der Waals surface area (Å²) in [5.41, 5.74) is 2.46. The number of aromatic nitrogens is 1. The molecule has 17 heavy (non-hydrogen) atoms. The predicted octanol–water partition coefficient (Wildman–Crippen LogP) is 2.43. The highest BCUT2D eigenvalue weighted by Gasteiger charge is 2.06. The summed E-state index contributed by atoms with van der Waals surface area (Å²) in [6, 6.07) is 8.49. The van der Waals surface area contributed by atoms with Crippen LogP contribution in [0.5, 0.6) is 0 Å². The SMILES string of the molecule is Cc1ccc2c(ccn2CCC(=O)N(C)C)c1. The zero-order valence-electron chi connectivity index (χ0n) is 10.6. The summed E-state index contributed by atoms with van der Waals surface area (Å²) in [6.45, 7) is 2.83. The average molecular weight is 230 g/mol. The van der Waals surface area contributed by atoms with Crippen molar-refractivity contribution in [2.75, 3.05) is 14.1 Å². The van der Waals surface area contributed by atoms with E-state index in [-0.39, 0.29) is 5.91 Å². The van der Waals surface area contributed by atoms with Crippen molar-refractivity contribution < 1.29 is 4.79 Å². The first kappa shape index (κ1) is 11.7. The minimum atomic E-state index is 0.166. The van der Waals surface area contributed by atoms with E-state index in [4.69, 9.17) is 0 Å². The van der Waals surface area contributed by atoms with Gasteiger partial charge in [-0.2, -0.15) is 0 Å². The first-order valence-electron chi connectivity index (χ1n) is 5.83. The van der Waals surface area contributed by atoms with E-state index < -0.39 is 0 Å². The minimum absolute atomic E-state index is 0.166. The molecule has 1 aromatic carbocycles. The molecule has 0 aliphatic carbocycles. The molecule has 2 aromatic rings. The van der Waals surface area contributed by atoms with E-state index in [1.54, 1.807) is 19.0 Å². The van der Waals surface area contributed by atoms with Crippen LogP contribution < -0.4 is 0 Å². The molecule has 3 nitrogen and oxygen atoms in total. The highest BCUT2D eigenvalue weighted by molar-refractivity contribution is 5.81. The van der Waals surface area contributed by atoms with E-state index in [0.717, 1.165) is 6.54 Å². The third kappa shape index (κ3) is 2.49.